The largest absolute Gasteiger partial charge is 0.436 e. The van der Waals surface area contributed by atoms with E-state index in [2.05, 4.69) is 4.99 Å². The number of ether oxygens (including phenoxy) is 1. The summed E-state index contributed by atoms with van der Waals surface area (Å²) in [5, 5.41) is 0. The third kappa shape index (κ3) is 3.67. The van der Waals surface area contributed by atoms with Gasteiger partial charge in [0.25, 0.3) is 10.0 Å². The fraction of sp³-hybridized carbons (Fsp3) is 0.0870. The second kappa shape index (κ2) is 7.56. The van der Waals surface area contributed by atoms with Crippen molar-refractivity contribution in [2.24, 2.45) is 4.99 Å². The predicted octanol–water partition coefficient (Wildman–Crippen LogP) is 4.45. The van der Waals surface area contributed by atoms with Crippen LogP contribution in [0.1, 0.15) is 16.7 Å². The van der Waals surface area contributed by atoms with Gasteiger partial charge < -0.3 is 4.74 Å². The van der Waals surface area contributed by atoms with Crippen LogP contribution in [-0.4, -0.2) is 26.0 Å². The van der Waals surface area contributed by atoms with E-state index in [0.717, 1.165) is 11.1 Å². The smallest absolute Gasteiger partial charge is 0.264 e. The second-order valence-corrected chi connectivity index (χ2v) is 8.67. The van der Waals surface area contributed by atoms with Crippen LogP contribution in [0.2, 0.25) is 0 Å². The Hall–Kier alpha value is -3.38. The maximum absolute atomic E-state index is 13.3. The van der Waals surface area contributed by atoms with E-state index < -0.39 is 10.0 Å². The van der Waals surface area contributed by atoms with E-state index in [1.165, 1.54) is 11.4 Å². The molecule has 0 atom stereocenters. The molecule has 0 N–H and O–H groups in total. The van der Waals surface area contributed by atoms with E-state index in [1.54, 1.807) is 30.5 Å². The molecule has 0 saturated carbocycles. The number of benzene rings is 3. The molecule has 0 saturated heterocycles. The highest BCUT2D eigenvalue weighted by Gasteiger charge is 2.28. The van der Waals surface area contributed by atoms with Gasteiger partial charge in [-0.15, -0.1) is 0 Å². The van der Waals surface area contributed by atoms with Crippen LogP contribution in [0.4, 0.5) is 0 Å². The summed E-state index contributed by atoms with van der Waals surface area (Å²) in [6, 6.07) is 23.5. The van der Waals surface area contributed by atoms with Crippen molar-refractivity contribution >= 4 is 21.9 Å². The average molecular weight is 404 g/mol. The van der Waals surface area contributed by atoms with Gasteiger partial charge in [-0.25, -0.2) is 13.4 Å². The SMILES string of the molecule is Cc1ccc(S(=O)(=O)N(C)/C(=C2/N=Cc3ccccc3O2)c2ccccc2)cc1. The molecule has 29 heavy (non-hydrogen) atoms. The molecule has 0 unspecified atom stereocenters. The second-order valence-electron chi connectivity index (χ2n) is 6.70. The fourth-order valence-electron chi connectivity index (χ4n) is 3.07. The van der Waals surface area contributed by atoms with E-state index in [-0.39, 0.29) is 10.8 Å². The first-order valence-corrected chi connectivity index (χ1v) is 10.6. The summed E-state index contributed by atoms with van der Waals surface area (Å²) in [6.07, 6.45) is 1.68. The molecule has 3 aromatic carbocycles. The maximum atomic E-state index is 13.3. The fourth-order valence-corrected chi connectivity index (χ4v) is 4.29. The topological polar surface area (TPSA) is 59.0 Å². The number of para-hydroxylation sites is 1. The molecule has 0 aliphatic carbocycles. The zero-order chi connectivity index (χ0) is 20.4. The summed E-state index contributed by atoms with van der Waals surface area (Å²) in [4.78, 5) is 4.62. The van der Waals surface area contributed by atoms with E-state index >= 15 is 0 Å². The van der Waals surface area contributed by atoms with Crippen LogP contribution in [0.5, 0.6) is 5.75 Å². The van der Waals surface area contributed by atoms with Gasteiger partial charge in [-0.2, -0.15) is 0 Å². The Bertz CT molecular complexity index is 1200. The van der Waals surface area contributed by atoms with Crippen LogP contribution < -0.4 is 4.74 Å². The number of rotatable bonds is 4. The molecule has 5 nitrogen and oxygen atoms in total. The van der Waals surface area contributed by atoms with Crippen LogP contribution in [0, 0.1) is 6.92 Å². The van der Waals surface area contributed by atoms with Gasteiger partial charge in [0.05, 0.1) is 4.90 Å². The number of aryl methyl sites for hydroxylation is 1. The lowest BCUT2D eigenvalue weighted by Gasteiger charge is -2.25. The number of hydrogen-bond donors (Lipinski definition) is 0. The highest BCUT2D eigenvalue weighted by Crippen LogP contribution is 2.32. The molecular weight excluding hydrogens is 384 g/mol. The van der Waals surface area contributed by atoms with Crippen molar-refractivity contribution in [1.29, 1.82) is 0 Å². The van der Waals surface area contributed by atoms with E-state index in [4.69, 9.17) is 4.74 Å². The third-order valence-corrected chi connectivity index (χ3v) is 6.46. The Kier molecular flexibility index (Phi) is 4.94. The summed E-state index contributed by atoms with van der Waals surface area (Å²) in [5.74, 6) is 0.861. The highest BCUT2D eigenvalue weighted by molar-refractivity contribution is 7.89. The normalized spacial score (nSPS) is 14.7. The van der Waals surface area contributed by atoms with Gasteiger partial charge in [-0.05, 0) is 31.2 Å². The maximum Gasteiger partial charge on any atom is 0.264 e. The van der Waals surface area contributed by atoms with Crippen LogP contribution in [0.3, 0.4) is 0 Å². The first-order valence-electron chi connectivity index (χ1n) is 9.13. The van der Waals surface area contributed by atoms with Crippen LogP contribution in [-0.2, 0) is 10.0 Å². The Labute approximate surface area is 170 Å². The molecule has 146 valence electrons. The standard InChI is InChI=1S/C23H20N2O3S/c1-17-12-14-20(15-13-17)29(26,27)25(2)22(18-8-4-3-5-9-18)23-24-16-19-10-6-7-11-21(19)28-23/h3-16H,1-2H3/b23-22-. The molecular formula is C23H20N2O3S. The van der Waals surface area contributed by atoms with Gasteiger partial charge in [0, 0.05) is 24.4 Å². The molecule has 1 heterocycles. The molecule has 0 radical (unpaired) electrons. The zero-order valence-corrected chi connectivity index (χ0v) is 16.9. The number of aliphatic imine (C=N–C) groups is 1. The number of sulfonamides is 1. The molecule has 3 aromatic rings. The lowest BCUT2D eigenvalue weighted by Crippen LogP contribution is -2.27. The van der Waals surface area contributed by atoms with Crippen molar-refractivity contribution in [2.75, 3.05) is 7.05 Å². The van der Waals surface area contributed by atoms with Crippen LogP contribution >= 0.6 is 0 Å². The molecule has 1 aliphatic rings. The van der Waals surface area contributed by atoms with Gasteiger partial charge in [-0.1, -0.05) is 60.2 Å². The minimum Gasteiger partial charge on any atom is -0.436 e. The molecule has 0 bridgehead atoms. The number of hydrogen-bond acceptors (Lipinski definition) is 4. The van der Waals surface area contributed by atoms with E-state index in [1.807, 2.05) is 61.5 Å². The Morgan fingerprint density at radius 3 is 2.28 bits per heavy atom. The summed E-state index contributed by atoms with van der Waals surface area (Å²) in [7, 11) is -2.29. The quantitative estimate of drug-likeness (QED) is 0.645. The lowest BCUT2D eigenvalue weighted by molar-refractivity contribution is 0.409. The van der Waals surface area contributed by atoms with Crippen LogP contribution in [0.15, 0.2) is 94.6 Å². The van der Waals surface area contributed by atoms with Crippen molar-refractivity contribution in [2.45, 2.75) is 11.8 Å². The van der Waals surface area contributed by atoms with Crippen molar-refractivity contribution in [1.82, 2.24) is 4.31 Å². The molecule has 6 heteroatoms. The monoisotopic (exact) mass is 404 g/mol. The molecule has 0 aromatic heterocycles. The minimum absolute atomic E-state index is 0.208. The van der Waals surface area contributed by atoms with Crippen molar-refractivity contribution in [3.63, 3.8) is 0 Å². The molecule has 0 spiro atoms. The zero-order valence-electron chi connectivity index (χ0n) is 16.1. The lowest BCUT2D eigenvalue weighted by atomic mass is 10.1. The molecule has 1 aliphatic heterocycles. The minimum atomic E-state index is -3.81. The molecule has 0 fully saturated rings. The van der Waals surface area contributed by atoms with E-state index in [0.29, 0.717) is 17.0 Å². The summed E-state index contributed by atoms with van der Waals surface area (Å²) >= 11 is 0. The Morgan fingerprint density at radius 1 is 0.897 bits per heavy atom. The summed E-state index contributed by atoms with van der Waals surface area (Å²) in [5.41, 5.74) is 2.90. The van der Waals surface area contributed by atoms with Gasteiger partial charge in [0.1, 0.15) is 11.4 Å². The van der Waals surface area contributed by atoms with Crippen molar-refractivity contribution in [3.05, 3.63) is 101 Å². The van der Waals surface area contributed by atoms with Crippen LogP contribution in [0.25, 0.3) is 5.70 Å². The Morgan fingerprint density at radius 2 is 1.55 bits per heavy atom. The van der Waals surface area contributed by atoms with Crippen molar-refractivity contribution in [3.8, 4) is 5.75 Å². The summed E-state index contributed by atoms with van der Waals surface area (Å²) < 4.78 is 33.9. The first kappa shape index (κ1) is 19.0. The Balaban J connectivity index is 1.85. The first-order chi connectivity index (χ1) is 14.0. The van der Waals surface area contributed by atoms with E-state index in [9.17, 15) is 8.42 Å². The number of nitrogens with zero attached hydrogens (tertiary/aromatic N) is 2. The van der Waals surface area contributed by atoms with Gasteiger partial charge in [0.2, 0.25) is 5.88 Å². The van der Waals surface area contributed by atoms with Gasteiger partial charge in [0.15, 0.2) is 0 Å². The molecule has 4 rings (SSSR count). The number of fused-ring (bicyclic) bond motifs is 1. The third-order valence-electron chi connectivity index (χ3n) is 4.69. The summed E-state index contributed by atoms with van der Waals surface area (Å²) in [6.45, 7) is 1.92. The predicted molar refractivity (Wildman–Crippen MR) is 114 cm³/mol. The highest BCUT2D eigenvalue weighted by atomic mass is 32.2. The average Bonchev–Trinajstić information content (AvgIpc) is 2.75. The van der Waals surface area contributed by atoms with Gasteiger partial charge in [-0.3, -0.25) is 4.31 Å². The van der Waals surface area contributed by atoms with Crippen molar-refractivity contribution < 1.29 is 13.2 Å². The van der Waals surface area contributed by atoms with Gasteiger partial charge >= 0.3 is 0 Å². The molecule has 0 amide bonds.